The van der Waals surface area contributed by atoms with Crippen LogP contribution < -0.4 is 4.18 Å². The fraction of sp³-hybridized carbons (Fsp3) is 0. The van der Waals surface area contributed by atoms with Gasteiger partial charge in [-0.2, -0.15) is 8.42 Å². The molecule has 1 N–H and O–H groups in total. The number of para-hydroxylation sites is 1. The van der Waals surface area contributed by atoms with Crippen molar-refractivity contribution in [1.82, 2.24) is 0 Å². The van der Waals surface area contributed by atoms with Crippen LogP contribution in [0.15, 0.2) is 54.6 Å². The second-order valence-electron chi connectivity index (χ2n) is 3.37. The normalized spacial score (nSPS) is 10.5. The van der Waals surface area contributed by atoms with Crippen LogP contribution >= 0.6 is 0 Å². The molecule has 0 aliphatic heterocycles. The molecule has 1 radical (unpaired) electrons. The molecule has 0 heterocycles. The molecule has 0 unspecified atom stereocenters. The Morgan fingerprint density at radius 1 is 0.889 bits per heavy atom. The molecule has 0 atom stereocenters. The van der Waals surface area contributed by atoms with Crippen LogP contribution in [0.2, 0.25) is 0 Å². The van der Waals surface area contributed by atoms with Gasteiger partial charge in [-0.15, -0.1) is 0 Å². The summed E-state index contributed by atoms with van der Waals surface area (Å²) in [5.74, 6) is 0.0983. The summed E-state index contributed by atoms with van der Waals surface area (Å²) in [5.41, 5.74) is 1.41. The average molecular weight is 289 g/mol. The predicted octanol–water partition coefficient (Wildman–Crippen LogP) is 2.15. The first-order valence-corrected chi connectivity index (χ1v) is 6.24. The summed E-state index contributed by atoms with van der Waals surface area (Å²) < 4.78 is 34.6. The van der Waals surface area contributed by atoms with Gasteiger partial charge in [0.15, 0.2) is 5.75 Å². The maximum atomic E-state index is 10.7. The fourth-order valence-corrected chi connectivity index (χ4v) is 1.88. The molecule has 0 aliphatic carbocycles. The Balaban J connectivity index is 0.00000162. The second kappa shape index (κ2) is 6.81. The Kier molecular flexibility index (Phi) is 5.99. The van der Waals surface area contributed by atoms with E-state index in [0.29, 0.717) is 5.56 Å². The summed E-state index contributed by atoms with van der Waals surface area (Å²) in [6.07, 6.45) is 0. The van der Waals surface area contributed by atoms with Crippen LogP contribution in [0.3, 0.4) is 0 Å². The average Bonchev–Trinajstić information content (AvgIpc) is 2.29. The minimum absolute atomic E-state index is 0. The quantitative estimate of drug-likeness (QED) is 0.694. The van der Waals surface area contributed by atoms with Gasteiger partial charge in [0.05, 0.1) is 0 Å². The Hall–Kier alpha value is -0.214. The van der Waals surface area contributed by atoms with E-state index in [1.165, 1.54) is 6.07 Å². The van der Waals surface area contributed by atoms with Crippen molar-refractivity contribution in [2.24, 2.45) is 0 Å². The van der Waals surface area contributed by atoms with Crippen LogP contribution in [0.4, 0.5) is 0 Å². The van der Waals surface area contributed by atoms with Crippen molar-refractivity contribution in [2.45, 2.75) is 0 Å². The van der Waals surface area contributed by atoms with Crippen molar-refractivity contribution in [3.63, 3.8) is 0 Å². The van der Waals surface area contributed by atoms with E-state index in [2.05, 4.69) is 4.18 Å². The first-order valence-electron chi connectivity index (χ1n) is 4.87. The molecule has 2 rings (SSSR count). The predicted molar refractivity (Wildman–Crippen MR) is 69.8 cm³/mol. The van der Waals surface area contributed by atoms with Gasteiger partial charge in [0, 0.05) is 56.9 Å². The maximum absolute atomic E-state index is 10.7. The van der Waals surface area contributed by atoms with Crippen LogP contribution in [0, 0.1) is 0 Å². The van der Waals surface area contributed by atoms with E-state index >= 15 is 0 Å². The summed E-state index contributed by atoms with van der Waals surface area (Å²) >= 11 is 0. The van der Waals surface area contributed by atoms with Crippen LogP contribution in [-0.4, -0.2) is 64.4 Å². The van der Waals surface area contributed by atoms with Crippen LogP contribution in [0.1, 0.15) is 0 Å². The number of hydrogen-bond acceptors (Lipinski definition) is 3. The van der Waals surface area contributed by atoms with Crippen molar-refractivity contribution < 1.29 is 17.2 Å². The van der Waals surface area contributed by atoms with Gasteiger partial charge in [-0.25, -0.2) is 0 Å². The van der Waals surface area contributed by atoms with Crippen LogP contribution in [0.5, 0.6) is 5.75 Å². The molecule has 0 saturated carbocycles. The van der Waals surface area contributed by atoms with Crippen molar-refractivity contribution in [3.05, 3.63) is 54.6 Å². The van der Waals surface area contributed by atoms with Crippen molar-refractivity contribution >= 4 is 61.8 Å². The molecule has 0 spiro atoms. The molecule has 0 fully saturated rings. The third kappa shape index (κ3) is 4.47. The minimum atomic E-state index is -4.51. The second-order valence-corrected chi connectivity index (χ2v) is 4.40. The van der Waals surface area contributed by atoms with Gasteiger partial charge in [-0.05, 0) is 11.6 Å². The standard InChI is InChI=1S/C12H10O4S.K/c13-17(14,15)16-12-9-5-4-8-11(12)10-6-2-1-3-7-10;/h1-9H,(H,13,14,15);. The van der Waals surface area contributed by atoms with Gasteiger partial charge >= 0.3 is 10.4 Å². The maximum Gasteiger partial charge on any atom is 0.446 e. The first kappa shape index (κ1) is 15.8. The zero-order chi connectivity index (χ0) is 12.3. The van der Waals surface area contributed by atoms with Gasteiger partial charge in [0.1, 0.15) is 0 Å². The largest absolute Gasteiger partial charge is 0.446 e. The molecule has 0 bridgehead atoms. The van der Waals surface area contributed by atoms with Gasteiger partial charge in [-0.3, -0.25) is 4.55 Å². The van der Waals surface area contributed by atoms with E-state index in [0.717, 1.165) is 5.56 Å². The summed E-state index contributed by atoms with van der Waals surface area (Å²) in [7, 11) is -4.51. The SMILES string of the molecule is O=S(=O)(O)Oc1ccccc1-c1ccccc1.[K]. The zero-order valence-corrected chi connectivity index (χ0v) is 13.7. The monoisotopic (exact) mass is 289 g/mol. The summed E-state index contributed by atoms with van der Waals surface area (Å²) in [6.45, 7) is 0. The first-order chi connectivity index (χ1) is 8.06. The van der Waals surface area contributed by atoms with Crippen molar-refractivity contribution in [2.75, 3.05) is 0 Å². The molecular formula is C12H10KO4S. The summed E-state index contributed by atoms with van der Waals surface area (Å²) in [4.78, 5) is 0. The summed E-state index contributed by atoms with van der Waals surface area (Å²) in [5, 5.41) is 0. The third-order valence-electron chi connectivity index (χ3n) is 2.17. The van der Waals surface area contributed by atoms with Gasteiger partial charge in [0.25, 0.3) is 0 Å². The molecule has 2 aromatic rings. The number of rotatable bonds is 3. The molecule has 0 saturated heterocycles. The van der Waals surface area contributed by atoms with Gasteiger partial charge in [0.2, 0.25) is 0 Å². The number of benzene rings is 2. The third-order valence-corrected chi connectivity index (χ3v) is 2.56. The van der Waals surface area contributed by atoms with Crippen LogP contribution in [-0.2, 0) is 10.4 Å². The van der Waals surface area contributed by atoms with E-state index in [4.69, 9.17) is 4.55 Å². The molecule has 0 aliphatic rings. The van der Waals surface area contributed by atoms with Gasteiger partial charge in [-0.1, -0.05) is 48.5 Å². The Bertz CT molecular complexity index is 611. The zero-order valence-electron chi connectivity index (χ0n) is 9.78. The Morgan fingerprint density at radius 3 is 2.06 bits per heavy atom. The van der Waals surface area contributed by atoms with E-state index in [1.54, 1.807) is 18.2 Å². The van der Waals surface area contributed by atoms with Gasteiger partial charge < -0.3 is 4.18 Å². The molecule has 6 heteroatoms. The smallest absolute Gasteiger partial charge is 0.361 e. The van der Waals surface area contributed by atoms with Crippen molar-refractivity contribution in [1.29, 1.82) is 0 Å². The van der Waals surface area contributed by atoms with E-state index in [1.807, 2.05) is 30.3 Å². The van der Waals surface area contributed by atoms with E-state index < -0.39 is 10.4 Å². The molecule has 18 heavy (non-hydrogen) atoms. The molecule has 0 aromatic heterocycles. The molecular weight excluding hydrogens is 279 g/mol. The molecule has 89 valence electrons. The van der Waals surface area contributed by atoms with E-state index in [9.17, 15) is 8.42 Å². The molecule has 2 aromatic carbocycles. The summed E-state index contributed by atoms with van der Waals surface area (Å²) in [6, 6.07) is 15.8. The topological polar surface area (TPSA) is 63.6 Å². The Morgan fingerprint density at radius 2 is 1.44 bits per heavy atom. The molecule has 0 amide bonds. The van der Waals surface area contributed by atoms with E-state index in [-0.39, 0.29) is 57.1 Å². The minimum Gasteiger partial charge on any atom is -0.361 e. The number of hydrogen-bond donors (Lipinski definition) is 1. The van der Waals surface area contributed by atoms with Crippen LogP contribution in [0.25, 0.3) is 11.1 Å². The Labute approximate surface area is 148 Å². The molecule has 4 nitrogen and oxygen atoms in total. The fourth-order valence-electron chi connectivity index (χ4n) is 1.51. The van der Waals surface area contributed by atoms with Crippen molar-refractivity contribution in [3.8, 4) is 16.9 Å².